The zero-order valence-corrected chi connectivity index (χ0v) is 24.9. The maximum atomic E-state index is 13.7. The monoisotopic (exact) mass is 599 g/mol. The SMILES string of the molecule is Cc1cccc(C2C(C#N)=C(N)N(c3nnc(SCC(=O)Nc4ccccc4C(N)=O)s3)C3=C2C(=O)CC(C)(C)C3)c1. The van der Waals surface area contributed by atoms with Crippen LogP contribution in [0.5, 0.6) is 0 Å². The number of benzene rings is 2. The highest BCUT2D eigenvalue weighted by molar-refractivity contribution is 8.01. The first-order chi connectivity index (χ1) is 20.0. The summed E-state index contributed by atoms with van der Waals surface area (Å²) < 4.78 is 0.499. The molecule has 2 heterocycles. The molecule has 10 nitrogen and oxygen atoms in total. The number of nitriles is 1. The Morgan fingerprint density at radius 3 is 2.67 bits per heavy atom. The lowest BCUT2D eigenvalue weighted by atomic mass is 9.68. The highest BCUT2D eigenvalue weighted by Crippen LogP contribution is 2.50. The molecule has 2 aromatic carbocycles. The van der Waals surface area contributed by atoms with E-state index in [2.05, 4.69) is 21.6 Å². The van der Waals surface area contributed by atoms with E-state index in [-0.39, 0.29) is 39.8 Å². The summed E-state index contributed by atoms with van der Waals surface area (Å²) in [7, 11) is 0. The number of rotatable bonds is 7. The summed E-state index contributed by atoms with van der Waals surface area (Å²) in [6.07, 6.45) is 0.908. The number of nitrogens with two attached hydrogens (primary N) is 2. The minimum atomic E-state index is -0.640. The van der Waals surface area contributed by atoms with Crippen LogP contribution in [0.1, 0.15) is 54.1 Å². The number of allylic oxidation sites excluding steroid dienone is 3. The predicted molar refractivity (Wildman–Crippen MR) is 162 cm³/mol. The Balaban J connectivity index is 1.45. The zero-order chi connectivity index (χ0) is 30.2. The molecule has 0 saturated heterocycles. The lowest BCUT2D eigenvalue weighted by molar-refractivity contribution is -0.118. The van der Waals surface area contributed by atoms with Crippen molar-refractivity contribution in [2.24, 2.45) is 16.9 Å². The van der Waals surface area contributed by atoms with E-state index in [1.165, 1.54) is 29.2 Å². The van der Waals surface area contributed by atoms with Gasteiger partial charge < -0.3 is 16.8 Å². The molecule has 1 aromatic heterocycles. The third-order valence-electron chi connectivity index (χ3n) is 7.14. The summed E-state index contributed by atoms with van der Waals surface area (Å²) in [6, 6.07) is 16.6. The van der Waals surface area contributed by atoms with E-state index in [4.69, 9.17) is 11.5 Å². The molecule has 1 atom stereocenters. The fraction of sp³-hybridized carbons (Fsp3) is 0.267. The van der Waals surface area contributed by atoms with Crippen LogP contribution in [0.25, 0.3) is 0 Å². The number of carbonyl (C=O) groups is 3. The lowest BCUT2D eigenvalue weighted by Crippen LogP contribution is -2.42. The fourth-order valence-electron chi connectivity index (χ4n) is 5.38. The van der Waals surface area contributed by atoms with E-state index in [0.29, 0.717) is 39.3 Å². The van der Waals surface area contributed by atoms with Gasteiger partial charge >= 0.3 is 0 Å². The maximum absolute atomic E-state index is 13.7. The minimum Gasteiger partial charge on any atom is -0.384 e. The molecular weight excluding hydrogens is 571 g/mol. The number of nitrogens with zero attached hydrogens (tertiary/aromatic N) is 4. The number of primary amides is 1. The van der Waals surface area contributed by atoms with E-state index in [1.807, 2.05) is 45.0 Å². The average Bonchev–Trinajstić information content (AvgIpc) is 3.39. The summed E-state index contributed by atoms with van der Waals surface area (Å²) in [5.74, 6) is -1.37. The summed E-state index contributed by atoms with van der Waals surface area (Å²) >= 11 is 2.38. The van der Waals surface area contributed by atoms with E-state index in [1.54, 1.807) is 23.1 Å². The number of ketones is 1. The van der Waals surface area contributed by atoms with Crippen LogP contribution in [0.15, 0.2) is 75.5 Å². The number of carbonyl (C=O) groups excluding carboxylic acids is 3. The third kappa shape index (κ3) is 5.66. The van der Waals surface area contributed by atoms with Crippen LogP contribution in [0.3, 0.4) is 0 Å². The van der Waals surface area contributed by atoms with Crippen molar-refractivity contribution in [1.29, 1.82) is 5.26 Å². The first-order valence-corrected chi connectivity index (χ1v) is 15.0. The number of thioether (sulfide) groups is 1. The van der Waals surface area contributed by atoms with Crippen LogP contribution in [-0.4, -0.2) is 33.5 Å². The minimum absolute atomic E-state index is 0.00535. The van der Waals surface area contributed by atoms with Gasteiger partial charge in [-0.25, -0.2) is 0 Å². The second kappa shape index (κ2) is 11.4. The van der Waals surface area contributed by atoms with Crippen molar-refractivity contribution < 1.29 is 14.4 Å². The van der Waals surface area contributed by atoms with Crippen molar-refractivity contribution in [1.82, 2.24) is 10.2 Å². The number of hydrogen-bond donors (Lipinski definition) is 3. The number of hydrogen-bond acceptors (Lipinski definition) is 10. The summed E-state index contributed by atoms with van der Waals surface area (Å²) in [5, 5.41) is 22.0. The molecule has 0 spiro atoms. The number of nitrogens with one attached hydrogen (secondary N) is 1. The Bertz CT molecular complexity index is 1720. The van der Waals surface area contributed by atoms with Crippen molar-refractivity contribution in [3.05, 3.63) is 87.9 Å². The van der Waals surface area contributed by atoms with E-state index >= 15 is 0 Å². The van der Waals surface area contributed by atoms with Crippen LogP contribution in [0.2, 0.25) is 0 Å². The molecule has 12 heteroatoms. The largest absolute Gasteiger partial charge is 0.384 e. The standard InChI is InChI=1S/C30H29N7O3S2/c1-16-7-6-8-17(11-16)24-19(14-31)26(32)37(21-12-30(2,3)13-22(38)25(21)24)28-35-36-29(42-28)41-15-23(39)34-20-10-5-4-9-18(20)27(33)40/h4-11,24H,12-13,15,32H2,1-3H3,(H2,33,40)(H,34,39). The molecule has 1 aliphatic heterocycles. The Morgan fingerprint density at radius 1 is 1.19 bits per heavy atom. The number of aryl methyl sites for hydroxylation is 1. The van der Waals surface area contributed by atoms with Gasteiger partial charge in [-0.2, -0.15) is 5.26 Å². The lowest BCUT2D eigenvalue weighted by Gasteiger charge is -2.42. The molecule has 0 saturated carbocycles. The second-order valence-corrected chi connectivity index (χ2v) is 13.2. The molecule has 1 aliphatic carbocycles. The predicted octanol–water partition coefficient (Wildman–Crippen LogP) is 4.62. The van der Waals surface area contributed by atoms with Gasteiger partial charge in [-0.3, -0.25) is 19.3 Å². The molecule has 2 amide bonds. The van der Waals surface area contributed by atoms with Gasteiger partial charge in [-0.15, -0.1) is 10.2 Å². The highest BCUT2D eigenvalue weighted by atomic mass is 32.2. The molecule has 5 rings (SSSR count). The zero-order valence-electron chi connectivity index (χ0n) is 23.3. The van der Waals surface area contributed by atoms with Gasteiger partial charge in [0.1, 0.15) is 5.82 Å². The van der Waals surface area contributed by atoms with Crippen LogP contribution >= 0.6 is 23.1 Å². The molecule has 2 aliphatic rings. The molecule has 0 bridgehead atoms. The van der Waals surface area contributed by atoms with Gasteiger partial charge in [0.2, 0.25) is 11.0 Å². The summed E-state index contributed by atoms with van der Waals surface area (Å²) in [5.41, 5.74) is 15.7. The quantitative estimate of drug-likeness (QED) is 0.328. The molecule has 5 N–H and O–H groups in total. The van der Waals surface area contributed by atoms with E-state index < -0.39 is 11.8 Å². The third-order valence-corrected chi connectivity index (χ3v) is 9.18. The number of amides is 2. The van der Waals surface area contributed by atoms with Gasteiger partial charge in [-0.1, -0.05) is 78.9 Å². The Labute approximate surface area is 251 Å². The van der Waals surface area contributed by atoms with Crippen molar-refractivity contribution in [3.8, 4) is 6.07 Å². The molecule has 0 fully saturated rings. The molecule has 42 heavy (non-hydrogen) atoms. The number of para-hydroxylation sites is 1. The molecule has 3 aromatic rings. The fourth-order valence-corrected chi connectivity index (χ4v) is 7.06. The van der Waals surface area contributed by atoms with Gasteiger partial charge in [0, 0.05) is 17.7 Å². The van der Waals surface area contributed by atoms with Gasteiger partial charge in [0.05, 0.1) is 34.6 Å². The molecular formula is C30H29N7O3S2. The van der Waals surface area contributed by atoms with Crippen LogP contribution in [0.4, 0.5) is 10.8 Å². The van der Waals surface area contributed by atoms with Crippen molar-refractivity contribution >= 4 is 51.5 Å². The van der Waals surface area contributed by atoms with Crippen molar-refractivity contribution in [2.45, 2.75) is 43.9 Å². The van der Waals surface area contributed by atoms with Crippen molar-refractivity contribution in [2.75, 3.05) is 16.0 Å². The van der Waals surface area contributed by atoms with Crippen LogP contribution < -0.4 is 21.7 Å². The van der Waals surface area contributed by atoms with Gasteiger partial charge in [0.15, 0.2) is 10.1 Å². The first-order valence-electron chi connectivity index (χ1n) is 13.2. The first kappa shape index (κ1) is 29.0. The molecule has 1 unspecified atom stereocenters. The van der Waals surface area contributed by atoms with Crippen LogP contribution in [-0.2, 0) is 9.59 Å². The smallest absolute Gasteiger partial charge is 0.250 e. The Hall–Kier alpha value is -4.47. The van der Waals surface area contributed by atoms with E-state index in [9.17, 15) is 19.6 Å². The second-order valence-electron chi connectivity index (χ2n) is 11.0. The maximum Gasteiger partial charge on any atom is 0.250 e. The highest BCUT2D eigenvalue weighted by Gasteiger charge is 2.45. The molecule has 0 radical (unpaired) electrons. The normalized spacial score (nSPS) is 18.0. The Kier molecular flexibility index (Phi) is 7.90. The number of aromatic nitrogens is 2. The summed E-state index contributed by atoms with van der Waals surface area (Å²) in [4.78, 5) is 39.7. The van der Waals surface area contributed by atoms with Gasteiger partial charge in [-0.05, 0) is 36.5 Å². The Morgan fingerprint density at radius 2 is 1.95 bits per heavy atom. The number of Topliss-reactive ketones (excluding diaryl/α,β-unsaturated/α-hetero) is 1. The number of anilines is 2. The van der Waals surface area contributed by atoms with Crippen LogP contribution in [0, 0.1) is 23.7 Å². The summed E-state index contributed by atoms with van der Waals surface area (Å²) in [6.45, 7) is 6.03. The van der Waals surface area contributed by atoms with E-state index in [0.717, 1.165) is 11.1 Å². The molecule has 214 valence electrons. The topological polar surface area (TPSA) is 168 Å². The average molecular weight is 600 g/mol. The van der Waals surface area contributed by atoms with Crippen molar-refractivity contribution in [3.63, 3.8) is 0 Å². The van der Waals surface area contributed by atoms with Gasteiger partial charge in [0.25, 0.3) is 5.91 Å².